The van der Waals surface area contributed by atoms with Gasteiger partial charge in [-0.15, -0.1) is 0 Å². The predicted molar refractivity (Wildman–Crippen MR) is 125 cm³/mol. The first-order valence-electron chi connectivity index (χ1n) is 10.9. The van der Waals surface area contributed by atoms with Crippen LogP contribution >= 0.6 is 0 Å². The Morgan fingerprint density at radius 3 is 2.00 bits per heavy atom. The summed E-state index contributed by atoms with van der Waals surface area (Å²) in [5.74, 6) is 0.730. The quantitative estimate of drug-likeness (QED) is 0.386. The molecule has 0 aromatic heterocycles. The molecular weight excluding hydrogens is 402 g/mol. The van der Waals surface area contributed by atoms with Crippen LogP contribution in [0.3, 0.4) is 0 Å². The van der Waals surface area contributed by atoms with E-state index in [0.29, 0.717) is 31.7 Å². The fourth-order valence-electron chi connectivity index (χ4n) is 3.39. The van der Waals surface area contributed by atoms with Crippen molar-refractivity contribution < 1.29 is 19.1 Å². The maximum Gasteiger partial charge on any atom is 0.310 e. The molecule has 0 spiro atoms. The fraction of sp³-hybridized carbons (Fsp3) is 0.259. The Bertz CT molecular complexity index is 987. The van der Waals surface area contributed by atoms with Gasteiger partial charge in [-0.05, 0) is 55.3 Å². The van der Waals surface area contributed by atoms with Crippen molar-refractivity contribution in [3.05, 3.63) is 96.1 Å². The molecule has 1 atom stereocenters. The lowest BCUT2D eigenvalue weighted by Crippen LogP contribution is -2.38. The van der Waals surface area contributed by atoms with E-state index in [1.54, 1.807) is 24.0 Å². The summed E-state index contributed by atoms with van der Waals surface area (Å²) in [5, 5.41) is 0. The van der Waals surface area contributed by atoms with E-state index >= 15 is 0 Å². The van der Waals surface area contributed by atoms with Crippen molar-refractivity contribution in [2.45, 2.75) is 26.8 Å². The molecule has 0 N–H and O–H groups in total. The highest BCUT2D eigenvalue weighted by molar-refractivity contribution is 5.94. The molecule has 0 fully saturated rings. The second-order valence-corrected chi connectivity index (χ2v) is 7.47. The number of benzene rings is 3. The Labute approximate surface area is 189 Å². The fourth-order valence-corrected chi connectivity index (χ4v) is 3.39. The van der Waals surface area contributed by atoms with Crippen LogP contribution < -0.4 is 4.74 Å². The van der Waals surface area contributed by atoms with Crippen LogP contribution in [0.15, 0.2) is 84.9 Å². The summed E-state index contributed by atoms with van der Waals surface area (Å²) in [5.41, 5.74) is 1.55. The van der Waals surface area contributed by atoms with E-state index in [1.807, 2.05) is 79.7 Å². The zero-order chi connectivity index (χ0) is 22.8. The molecule has 3 aromatic rings. The maximum absolute atomic E-state index is 13.2. The van der Waals surface area contributed by atoms with Crippen LogP contribution in [0.25, 0.3) is 0 Å². The minimum absolute atomic E-state index is 0.113. The van der Waals surface area contributed by atoms with Gasteiger partial charge >= 0.3 is 5.97 Å². The van der Waals surface area contributed by atoms with Crippen LogP contribution in [0.1, 0.15) is 36.2 Å². The largest absolute Gasteiger partial charge is 0.466 e. The molecule has 0 heterocycles. The van der Waals surface area contributed by atoms with Crippen molar-refractivity contribution in [1.82, 2.24) is 4.90 Å². The molecule has 0 aliphatic rings. The van der Waals surface area contributed by atoms with Gasteiger partial charge in [0.1, 0.15) is 11.5 Å². The lowest BCUT2D eigenvalue weighted by Gasteiger charge is -2.27. The van der Waals surface area contributed by atoms with Crippen molar-refractivity contribution in [2.75, 3.05) is 13.2 Å². The van der Waals surface area contributed by atoms with Crippen molar-refractivity contribution in [3.63, 3.8) is 0 Å². The Morgan fingerprint density at radius 1 is 0.812 bits per heavy atom. The Hall–Kier alpha value is -3.60. The summed E-state index contributed by atoms with van der Waals surface area (Å²) < 4.78 is 11.1. The van der Waals surface area contributed by atoms with Crippen LogP contribution in [-0.2, 0) is 16.1 Å². The van der Waals surface area contributed by atoms with Crippen LogP contribution in [0, 0.1) is 5.92 Å². The van der Waals surface area contributed by atoms with Gasteiger partial charge in [0.15, 0.2) is 0 Å². The second kappa shape index (κ2) is 11.7. The van der Waals surface area contributed by atoms with E-state index in [2.05, 4.69) is 0 Å². The van der Waals surface area contributed by atoms with Crippen molar-refractivity contribution in [3.8, 4) is 11.5 Å². The molecule has 0 saturated heterocycles. The SMILES string of the molecule is CCOC(=O)C(CC)CN(Cc1ccc(Oc2ccccc2)cc1)C(=O)c1ccccc1. The van der Waals surface area contributed by atoms with Gasteiger partial charge in [-0.1, -0.05) is 55.5 Å². The second-order valence-electron chi connectivity index (χ2n) is 7.47. The molecule has 0 aliphatic heterocycles. The smallest absolute Gasteiger partial charge is 0.310 e. The monoisotopic (exact) mass is 431 g/mol. The molecule has 5 heteroatoms. The molecule has 1 amide bonds. The van der Waals surface area contributed by atoms with E-state index in [-0.39, 0.29) is 17.8 Å². The number of amides is 1. The lowest BCUT2D eigenvalue weighted by molar-refractivity contribution is -0.148. The molecule has 0 aliphatic carbocycles. The molecule has 0 radical (unpaired) electrons. The summed E-state index contributed by atoms with van der Waals surface area (Å²) in [7, 11) is 0. The van der Waals surface area contributed by atoms with Crippen LogP contribution in [0.5, 0.6) is 11.5 Å². The third kappa shape index (κ3) is 6.45. The maximum atomic E-state index is 13.2. The Balaban J connectivity index is 1.76. The number of esters is 1. The van der Waals surface area contributed by atoms with Gasteiger partial charge in [-0.25, -0.2) is 0 Å². The molecule has 0 bridgehead atoms. The molecule has 3 rings (SSSR count). The molecule has 3 aromatic carbocycles. The average molecular weight is 432 g/mol. The average Bonchev–Trinajstić information content (AvgIpc) is 2.83. The van der Waals surface area contributed by atoms with Crippen molar-refractivity contribution >= 4 is 11.9 Å². The summed E-state index contributed by atoms with van der Waals surface area (Å²) >= 11 is 0. The zero-order valence-electron chi connectivity index (χ0n) is 18.6. The normalized spacial score (nSPS) is 11.4. The van der Waals surface area contributed by atoms with Gasteiger partial charge < -0.3 is 14.4 Å². The van der Waals surface area contributed by atoms with E-state index in [9.17, 15) is 9.59 Å². The first-order valence-corrected chi connectivity index (χ1v) is 10.9. The Kier molecular flexibility index (Phi) is 8.44. The number of hydrogen-bond donors (Lipinski definition) is 0. The van der Waals surface area contributed by atoms with E-state index in [0.717, 1.165) is 17.1 Å². The van der Waals surface area contributed by atoms with Crippen molar-refractivity contribution in [2.24, 2.45) is 5.92 Å². The number of para-hydroxylation sites is 1. The van der Waals surface area contributed by atoms with Gasteiger partial charge in [0.25, 0.3) is 5.91 Å². The first kappa shape index (κ1) is 23.1. The standard InChI is InChI=1S/C27H29NO4/c1-3-22(27(30)31-4-2)20-28(26(29)23-11-7-5-8-12-23)19-21-15-17-25(18-16-21)32-24-13-9-6-10-14-24/h5-18,22H,3-4,19-20H2,1-2H3. The summed E-state index contributed by atoms with van der Waals surface area (Å²) in [6.45, 7) is 4.73. The number of hydrogen-bond acceptors (Lipinski definition) is 4. The number of carbonyl (C=O) groups is 2. The topological polar surface area (TPSA) is 55.8 Å². The summed E-state index contributed by atoms with van der Waals surface area (Å²) in [4.78, 5) is 27.3. The van der Waals surface area contributed by atoms with Gasteiger partial charge in [0.2, 0.25) is 0 Å². The highest BCUT2D eigenvalue weighted by Gasteiger charge is 2.25. The Morgan fingerprint density at radius 2 is 1.41 bits per heavy atom. The predicted octanol–water partition coefficient (Wildman–Crippen LogP) is 5.71. The molecule has 166 valence electrons. The van der Waals surface area contributed by atoms with Crippen molar-refractivity contribution in [1.29, 1.82) is 0 Å². The molecule has 1 unspecified atom stereocenters. The minimum atomic E-state index is -0.372. The number of nitrogens with zero attached hydrogens (tertiary/aromatic N) is 1. The summed E-state index contributed by atoms with van der Waals surface area (Å²) in [6, 6.07) is 26.4. The highest BCUT2D eigenvalue weighted by Crippen LogP contribution is 2.22. The third-order valence-corrected chi connectivity index (χ3v) is 5.14. The zero-order valence-corrected chi connectivity index (χ0v) is 18.6. The highest BCUT2D eigenvalue weighted by atomic mass is 16.5. The molecule has 0 saturated carbocycles. The molecular formula is C27H29NO4. The number of carbonyl (C=O) groups excluding carboxylic acids is 2. The van der Waals surface area contributed by atoms with Gasteiger partial charge in [-0.3, -0.25) is 9.59 Å². The van der Waals surface area contributed by atoms with Crippen LogP contribution in [-0.4, -0.2) is 29.9 Å². The van der Waals surface area contributed by atoms with Crippen LogP contribution in [0.4, 0.5) is 0 Å². The van der Waals surface area contributed by atoms with Crippen LogP contribution in [0.2, 0.25) is 0 Å². The number of ether oxygens (including phenoxy) is 2. The van der Waals surface area contributed by atoms with E-state index in [4.69, 9.17) is 9.47 Å². The van der Waals surface area contributed by atoms with E-state index in [1.165, 1.54) is 0 Å². The molecule has 5 nitrogen and oxygen atoms in total. The summed E-state index contributed by atoms with van der Waals surface area (Å²) in [6.07, 6.45) is 0.598. The van der Waals surface area contributed by atoms with Gasteiger partial charge in [0.05, 0.1) is 12.5 Å². The van der Waals surface area contributed by atoms with Gasteiger partial charge in [0, 0.05) is 18.7 Å². The lowest BCUT2D eigenvalue weighted by atomic mass is 10.0. The molecule has 32 heavy (non-hydrogen) atoms. The number of rotatable bonds is 10. The third-order valence-electron chi connectivity index (χ3n) is 5.14. The van der Waals surface area contributed by atoms with E-state index < -0.39 is 0 Å². The van der Waals surface area contributed by atoms with Gasteiger partial charge in [-0.2, -0.15) is 0 Å². The minimum Gasteiger partial charge on any atom is -0.466 e. The first-order chi connectivity index (χ1) is 15.6.